The number of nitrogens with one attached hydrogen (secondary N) is 1. The lowest BCUT2D eigenvalue weighted by Gasteiger charge is -2.28. The molecule has 0 saturated carbocycles. The van der Waals surface area contributed by atoms with Crippen LogP contribution in [0.5, 0.6) is 0 Å². The molecule has 0 aliphatic carbocycles. The number of nitrogens with zero attached hydrogens (tertiary/aromatic N) is 3. The van der Waals surface area contributed by atoms with E-state index in [-0.39, 0.29) is 38.8 Å². The molecular formula is C105H151Cl8FN4OS. The maximum Gasteiger partial charge on any atom is 0.196 e. The Morgan fingerprint density at radius 3 is 0.758 bits per heavy atom. The van der Waals surface area contributed by atoms with E-state index >= 15 is 0 Å². The van der Waals surface area contributed by atoms with Crippen molar-refractivity contribution in [3.05, 3.63) is 293 Å². The monoisotopic (exact) mass is 1810 g/mol. The molecule has 0 amide bonds. The van der Waals surface area contributed by atoms with Gasteiger partial charge in [0, 0.05) is 87.5 Å². The normalized spacial score (nSPS) is 11.6. The van der Waals surface area contributed by atoms with E-state index in [1.54, 1.807) is 42.1 Å². The molecule has 3 heterocycles. The van der Waals surface area contributed by atoms with Gasteiger partial charge in [-0.1, -0.05) is 408 Å². The van der Waals surface area contributed by atoms with Crippen LogP contribution in [0.3, 0.4) is 0 Å². The van der Waals surface area contributed by atoms with Crippen molar-refractivity contribution in [3.63, 3.8) is 0 Å². The molecule has 0 aliphatic rings. The quantitative estimate of drug-likeness (QED) is 0.0930. The van der Waals surface area contributed by atoms with E-state index in [1.165, 1.54) is 66.7 Å². The summed E-state index contributed by atoms with van der Waals surface area (Å²) in [5.41, 5.74) is 16.1. The average molecular weight is 1820 g/mol. The first-order valence-corrected chi connectivity index (χ1v) is 47.1. The summed E-state index contributed by atoms with van der Waals surface area (Å²) in [6, 6.07) is 41.6. The Balaban J connectivity index is 0.000000672. The molecule has 0 saturated heterocycles. The van der Waals surface area contributed by atoms with Crippen LogP contribution in [0.1, 0.15) is 411 Å². The van der Waals surface area contributed by atoms with Crippen molar-refractivity contribution >= 4 is 104 Å². The molecule has 0 radical (unpaired) electrons. The fourth-order valence-corrected chi connectivity index (χ4v) is 17.0. The van der Waals surface area contributed by atoms with Gasteiger partial charge in [-0.05, 0) is 210 Å². The predicted octanol–water partition coefficient (Wildman–Crippen LogP) is 38.7. The molecule has 0 unspecified atom stereocenters. The molecule has 3 aromatic heterocycles. The van der Waals surface area contributed by atoms with E-state index in [0.29, 0.717) is 63.8 Å². The van der Waals surface area contributed by atoms with Crippen molar-refractivity contribution in [2.75, 3.05) is 0 Å². The third-order valence-corrected chi connectivity index (χ3v) is 25.2. The van der Waals surface area contributed by atoms with Crippen LogP contribution in [0, 0.1) is 5.82 Å². The predicted molar refractivity (Wildman–Crippen MR) is 535 cm³/mol. The average Bonchev–Trinajstić information content (AvgIpc) is 1.25. The van der Waals surface area contributed by atoms with Gasteiger partial charge < -0.3 is 9.40 Å². The van der Waals surface area contributed by atoms with E-state index in [9.17, 15) is 4.39 Å². The van der Waals surface area contributed by atoms with Gasteiger partial charge in [-0.25, -0.2) is 19.3 Å². The van der Waals surface area contributed by atoms with Crippen LogP contribution < -0.4 is 0 Å². The van der Waals surface area contributed by atoms with Gasteiger partial charge in [-0.15, -0.1) is 11.3 Å². The second-order valence-electron chi connectivity index (χ2n) is 37.2. The fourth-order valence-electron chi connectivity index (χ4n) is 13.2. The summed E-state index contributed by atoms with van der Waals surface area (Å²) in [4.78, 5) is 15.2. The van der Waals surface area contributed by atoms with Crippen LogP contribution in [0.15, 0.2) is 168 Å². The minimum Gasteiger partial charge on any atom is -0.449 e. The Kier molecular flexibility index (Phi) is 50.8. The molecule has 1 N–H and O–H groups in total. The number of thiazole rings is 1. The number of imidazole rings is 1. The smallest absolute Gasteiger partial charge is 0.196 e. The van der Waals surface area contributed by atoms with Crippen molar-refractivity contribution in [2.45, 2.75) is 354 Å². The van der Waals surface area contributed by atoms with Crippen LogP contribution in [0.25, 0.3) is 0 Å². The third kappa shape index (κ3) is 36.8. The van der Waals surface area contributed by atoms with E-state index in [4.69, 9.17) is 97.2 Å². The molecule has 7 aromatic carbocycles. The first-order chi connectivity index (χ1) is 55.6. The standard InChI is InChI=1S/4C14H21Cl.C13H19Cl.C9H10Cl2.C9H10ClF.C6H10N2.C6H9NO.C6H9NS/c4*1-6-14(4,5)11-8-7-9-12(15)13(11)10(2)3;1-9(2)12-10(13(3,4)5)7-6-8-11(12)14;2*1-6(2)9-7(10)4-3-5-8(9)11;3*1-5(2)6-7-3-4-8-6/h4*7-10H,6H2,1-5H3;6-9H,1-5H3;2*3-6H,1-2H3;3-5H,1-2H3,(H,7,8);2*3-5H,1-2H3. The highest BCUT2D eigenvalue weighted by Crippen LogP contribution is 2.43. The second kappa shape index (κ2) is 54.0. The van der Waals surface area contributed by atoms with Crippen LogP contribution in [-0.2, 0) is 27.1 Å². The van der Waals surface area contributed by atoms with Gasteiger partial charge in [0.2, 0.25) is 0 Å². The molecule has 666 valence electrons. The molecule has 120 heavy (non-hydrogen) atoms. The third-order valence-electron chi connectivity index (χ3n) is 21.5. The van der Waals surface area contributed by atoms with Crippen LogP contribution in [0.4, 0.5) is 4.39 Å². The first kappa shape index (κ1) is 113. The number of rotatable bonds is 18. The minimum atomic E-state index is -0.215. The zero-order valence-corrected chi connectivity index (χ0v) is 86.6. The van der Waals surface area contributed by atoms with Gasteiger partial charge >= 0.3 is 0 Å². The molecule has 0 bridgehead atoms. The van der Waals surface area contributed by atoms with Gasteiger partial charge in [0.1, 0.15) is 17.9 Å². The van der Waals surface area contributed by atoms with Crippen molar-refractivity contribution in [1.82, 2.24) is 19.9 Å². The summed E-state index contributed by atoms with van der Waals surface area (Å²) in [5, 5.41) is 9.79. The lowest BCUT2D eigenvalue weighted by molar-refractivity contribution is 0.471. The highest BCUT2D eigenvalue weighted by molar-refractivity contribution is 7.09. The van der Waals surface area contributed by atoms with Gasteiger partial charge in [-0.3, -0.25) is 0 Å². The number of H-pyrrole nitrogens is 1. The Morgan fingerprint density at radius 2 is 0.592 bits per heavy atom. The van der Waals surface area contributed by atoms with Crippen molar-refractivity contribution in [1.29, 1.82) is 0 Å². The fraction of sp³-hybridized carbons (Fsp3) is 0.514. The molecule has 0 spiro atoms. The summed E-state index contributed by atoms with van der Waals surface area (Å²) in [7, 11) is 0. The van der Waals surface area contributed by atoms with Crippen LogP contribution in [-0.4, -0.2) is 19.9 Å². The lowest BCUT2D eigenvalue weighted by Crippen LogP contribution is -2.18. The highest BCUT2D eigenvalue weighted by Gasteiger charge is 2.29. The number of benzene rings is 7. The van der Waals surface area contributed by atoms with Gasteiger partial charge in [0.15, 0.2) is 5.89 Å². The Morgan fingerprint density at radius 1 is 0.317 bits per heavy atom. The van der Waals surface area contributed by atoms with Gasteiger partial charge in [-0.2, -0.15) is 0 Å². The van der Waals surface area contributed by atoms with E-state index in [0.717, 1.165) is 78.1 Å². The number of oxazole rings is 1. The zero-order chi connectivity index (χ0) is 92.3. The summed E-state index contributed by atoms with van der Waals surface area (Å²) in [6.45, 7) is 76.5. The number of aromatic nitrogens is 4. The van der Waals surface area contributed by atoms with E-state index in [1.807, 2.05) is 100 Å². The molecular weight excluding hydrogens is 1670 g/mol. The second-order valence-corrected chi connectivity index (χ2v) is 41.4. The summed E-state index contributed by atoms with van der Waals surface area (Å²) >= 11 is 50.8. The molecule has 5 nitrogen and oxygen atoms in total. The summed E-state index contributed by atoms with van der Waals surface area (Å²) in [5.74, 6) is 6.13. The van der Waals surface area contributed by atoms with E-state index < -0.39 is 0 Å². The van der Waals surface area contributed by atoms with Gasteiger partial charge in [0.25, 0.3) is 0 Å². The molecule has 15 heteroatoms. The number of halogens is 9. The number of hydrogen-bond acceptors (Lipinski definition) is 5. The Bertz CT molecular complexity index is 4040. The Hall–Kier alpha value is -5.16. The van der Waals surface area contributed by atoms with Crippen LogP contribution >= 0.6 is 104 Å². The number of hydrogen-bond donors (Lipinski definition) is 1. The van der Waals surface area contributed by atoms with Crippen molar-refractivity contribution in [3.8, 4) is 0 Å². The molecule has 10 rings (SSSR count). The topological polar surface area (TPSA) is 67.6 Å². The van der Waals surface area contributed by atoms with E-state index in [2.05, 4.69) is 289 Å². The summed E-state index contributed by atoms with van der Waals surface area (Å²) < 4.78 is 18.0. The number of aromatic amines is 1. The SMILES string of the molecule is CC(C)c1c(Cl)cccc1C(C)(C)C.CC(C)c1c(Cl)cccc1Cl.CC(C)c1c(F)cccc1Cl.CC(C)c1ncc[nH]1.CC(C)c1ncco1.CC(C)c1nccs1.CCC(C)(C)c1cccc(Cl)c1C(C)C.CCC(C)(C)c1cccc(Cl)c1C(C)C.CCC(C)(C)c1cccc(Cl)c1C(C)C.CCC(C)(C)c1cccc(Cl)c1C(C)C. The largest absolute Gasteiger partial charge is 0.449 e. The zero-order valence-electron chi connectivity index (χ0n) is 79.8. The highest BCUT2D eigenvalue weighted by atomic mass is 35.5. The maximum absolute atomic E-state index is 13.0. The van der Waals surface area contributed by atoms with Crippen molar-refractivity contribution < 1.29 is 8.81 Å². The molecule has 10 aromatic rings. The summed E-state index contributed by atoms with van der Waals surface area (Å²) in [6.07, 6.45) is 13.2. The van der Waals surface area contributed by atoms with Gasteiger partial charge in [0.05, 0.1) is 11.2 Å². The maximum atomic E-state index is 13.0. The molecule has 0 aliphatic heterocycles. The molecule has 0 atom stereocenters. The lowest BCUT2D eigenvalue weighted by atomic mass is 9.77. The van der Waals surface area contributed by atoms with Crippen molar-refractivity contribution in [2.24, 2.45) is 0 Å². The van der Waals surface area contributed by atoms with Crippen LogP contribution in [0.2, 0.25) is 40.2 Å². The minimum absolute atomic E-state index is 0.142. The Labute approximate surface area is 774 Å². The first-order valence-electron chi connectivity index (χ1n) is 43.2. The molecule has 0 fully saturated rings.